The summed E-state index contributed by atoms with van der Waals surface area (Å²) in [5.41, 5.74) is 0. The molecule has 0 radical (unpaired) electrons. The molecule has 0 amide bonds. The molecule has 0 aliphatic rings. The summed E-state index contributed by atoms with van der Waals surface area (Å²) in [7, 11) is 0. The Labute approximate surface area is 480 Å². The molecule has 1 atom stereocenters. The summed E-state index contributed by atoms with van der Waals surface area (Å²) in [4.78, 5) is 38.3. The molecule has 0 aliphatic carbocycles. The number of allylic oxidation sites excluding steroid dienone is 6. The van der Waals surface area contributed by atoms with Gasteiger partial charge in [0.25, 0.3) is 0 Å². The summed E-state index contributed by atoms with van der Waals surface area (Å²) < 4.78 is 16.9. The van der Waals surface area contributed by atoms with Gasteiger partial charge in [0.05, 0.1) is 0 Å². The molecule has 0 aromatic rings. The van der Waals surface area contributed by atoms with Crippen molar-refractivity contribution in [3.63, 3.8) is 0 Å². The molecule has 0 aliphatic heterocycles. The van der Waals surface area contributed by atoms with E-state index in [4.69, 9.17) is 14.2 Å². The molecule has 0 aromatic heterocycles. The van der Waals surface area contributed by atoms with Crippen molar-refractivity contribution < 1.29 is 28.6 Å². The fourth-order valence-corrected chi connectivity index (χ4v) is 10.5. The number of hydrogen-bond donors (Lipinski definition) is 0. The molecule has 77 heavy (non-hydrogen) atoms. The fourth-order valence-electron chi connectivity index (χ4n) is 10.5. The summed E-state index contributed by atoms with van der Waals surface area (Å²) in [5.74, 6) is -0.879. The second-order valence-corrected chi connectivity index (χ2v) is 23.4. The quantitative estimate of drug-likeness (QED) is 0.0261. The molecule has 0 saturated heterocycles. The Balaban J connectivity index is 4.18. The van der Waals surface area contributed by atoms with E-state index in [1.54, 1.807) is 0 Å². The van der Waals surface area contributed by atoms with Crippen LogP contribution in [0.15, 0.2) is 36.5 Å². The van der Waals surface area contributed by atoms with Gasteiger partial charge < -0.3 is 14.2 Å². The van der Waals surface area contributed by atoms with Crippen molar-refractivity contribution in [2.24, 2.45) is 0 Å². The smallest absolute Gasteiger partial charge is 0.306 e. The molecule has 0 aromatic carbocycles. The topological polar surface area (TPSA) is 78.9 Å². The van der Waals surface area contributed by atoms with Gasteiger partial charge in [0, 0.05) is 19.3 Å². The molecular weight excluding hydrogens is 949 g/mol. The summed E-state index contributed by atoms with van der Waals surface area (Å²) >= 11 is 0. The maximum Gasteiger partial charge on any atom is 0.306 e. The van der Waals surface area contributed by atoms with Crippen LogP contribution in [0.1, 0.15) is 380 Å². The van der Waals surface area contributed by atoms with Crippen LogP contribution < -0.4 is 0 Å². The van der Waals surface area contributed by atoms with Gasteiger partial charge in [-0.15, -0.1) is 0 Å². The van der Waals surface area contributed by atoms with E-state index in [0.717, 1.165) is 83.5 Å². The second kappa shape index (κ2) is 66.1. The monoisotopic (exact) mass is 1080 g/mol. The third-order valence-corrected chi connectivity index (χ3v) is 15.7. The first-order chi connectivity index (χ1) is 38.0. The number of unbranched alkanes of at least 4 members (excludes halogenated alkanes) is 47. The minimum Gasteiger partial charge on any atom is -0.462 e. The Morgan fingerprint density at radius 2 is 0.506 bits per heavy atom. The zero-order chi connectivity index (χ0) is 55.7. The van der Waals surface area contributed by atoms with Crippen LogP contribution in [0.2, 0.25) is 0 Å². The van der Waals surface area contributed by atoms with Gasteiger partial charge in [-0.05, 0) is 51.4 Å². The highest BCUT2D eigenvalue weighted by atomic mass is 16.6. The van der Waals surface area contributed by atoms with Crippen LogP contribution in [0.5, 0.6) is 0 Å². The predicted octanol–water partition coefficient (Wildman–Crippen LogP) is 23.6. The van der Waals surface area contributed by atoms with Crippen LogP contribution in [0, 0.1) is 0 Å². The minimum absolute atomic E-state index is 0.0759. The summed E-state index contributed by atoms with van der Waals surface area (Å²) in [6.45, 7) is 6.58. The molecule has 6 heteroatoms. The Morgan fingerprint density at radius 3 is 0.792 bits per heavy atom. The van der Waals surface area contributed by atoms with E-state index >= 15 is 0 Å². The highest BCUT2D eigenvalue weighted by Crippen LogP contribution is 2.19. The van der Waals surface area contributed by atoms with E-state index in [0.29, 0.717) is 19.3 Å². The predicted molar refractivity (Wildman–Crippen MR) is 335 cm³/mol. The van der Waals surface area contributed by atoms with Crippen molar-refractivity contribution in [3.8, 4) is 0 Å². The summed E-state index contributed by atoms with van der Waals surface area (Å²) in [5, 5.41) is 0. The first-order valence-electron chi connectivity index (χ1n) is 34.5. The Kier molecular flexibility index (Phi) is 64.1. The summed E-state index contributed by atoms with van der Waals surface area (Å²) in [6, 6.07) is 0. The van der Waals surface area contributed by atoms with Crippen LogP contribution >= 0.6 is 0 Å². The highest BCUT2D eigenvalue weighted by molar-refractivity contribution is 5.71. The standard InChI is InChI=1S/C71H132O6/c1-4-7-10-13-16-19-22-25-27-29-31-32-33-34-35-36-37-38-39-40-42-43-46-49-52-55-58-61-64-70(73)76-67-68(66-75-69(72)63-60-57-54-51-48-45-24-21-18-15-12-9-6-3)77-71(74)65-62-59-56-53-50-47-44-41-30-28-26-23-20-17-14-11-8-5-2/h9,12,18,21,45,48,68H,4-8,10-11,13-17,19-20,22-44,46-47,49-67H2,1-3H3/b12-9-,21-18-,48-45-. The molecule has 6 nitrogen and oxygen atoms in total. The molecule has 0 saturated carbocycles. The van der Waals surface area contributed by atoms with Crippen LogP contribution in [0.3, 0.4) is 0 Å². The average Bonchev–Trinajstić information content (AvgIpc) is 3.43. The van der Waals surface area contributed by atoms with Crippen molar-refractivity contribution in [2.45, 2.75) is 386 Å². The number of ether oxygens (including phenoxy) is 3. The first-order valence-corrected chi connectivity index (χ1v) is 34.5. The van der Waals surface area contributed by atoms with E-state index in [1.165, 1.54) is 257 Å². The Morgan fingerprint density at radius 1 is 0.273 bits per heavy atom. The zero-order valence-electron chi connectivity index (χ0n) is 52.0. The molecule has 0 heterocycles. The molecule has 0 spiro atoms. The average molecular weight is 1080 g/mol. The van der Waals surface area contributed by atoms with Crippen LogP contribution in [0.4, 0.5) is 0 Å². The number of esters is 3. The fraction of sp³-hybridized carbons (Fsp3) is 0.873. The van der Waals surface area contributed by atoms with Crippen molar-refractivity contribution >= 4 is 17.9 Å². The number of rotatable bonds is 64. The van der Waals surface area contributed by atoms with Gasteiger partial charge >= 0.3 is 17.9 Å². The lowest BCUT2D eigenvalue weighted by atomic mass is 10.0. The molecule has 452 valence electrons. The molecule has 0 fully saturated rings. The van der Waals surface area contributed by atoms with Gasteiger partial charge in [-0.1, -0.05) is 346 Å². The van der Waals surface area contributed by atoms with Crippen molar-refractivity contribution in [2.75, 3.05) is 13.2 Å². The van der Waals surface area contributed by atoms with Crippen molar-refractivity contribution in [1.29, 1.82) is 0 Å². The van der Waals surface area contributed by atoms with E-state index in [-0.39, 0.29) is 31.1 Å². The second-order valence-electron chi connectivity index (χ2n) is 23.4. The lowest BCUT2D eigenvalue weighted by molar-refractivity contribution is -0.167. The lowest BCUT2D eigenvalue weighted by Crippen LogP contribution is -2.30. The van der Waals surface area contributed by atoms with Crippen molar-refractivity contribution in [1.82, 2.24) is 0 Å². The van der Waals surface area contributed by atoms with Crippen LogP contribution in [-0.2, 0) is 28.6 Å². The number of carbonyl (C=O) groups is 3. The Hall–Kier alpha value is -2.37. The number of carbonyl (C=O) groups excluding carboxylic acids is 3. The van der Waals surface area contributed by atoms with Crippen molar-refractivity contribution in [3.05, 3.63) is 36.5 Å². The van der Waals surface area contributed by atoms with E-state index in [1.807, 2.05) is 0 Å². The third kappa shape index (κ3) is 64.3. The van der Waals surface area contributed by atoms with Gasteiger partial charge in [0.1, 0.15) is 13.2 Å². The molecule has 0 bridgehead atoms. The van der Waals surface area contributed by atoms with Crippen LogP contribution in [-0.4, -0.2) is 37.2 Å². The van der Waals surface area contributed by atoms with E-state index in [2.05, 4.69) is 57.2 Å². The maximum atomic E-state index is 12.9. The molecule has 0 N–H and O–H groups in total. The Bertz CT molecular complexity index is 1290. The van der Waals surface area contributed by atoms with Gasteiger partial charge in [0.15, 0.2) is 6.10 Å². The maximum absolute atomic E-state index is 12.9. The minimum atomic E-state index is -0.781. The van der Waals surface area contributed by atoms with E-state index < -0.39 is 6.10 Å². The van der Waals surface area contributed by atoms with E-state index in [9.17, 15) is 14.4 Å². The number of hydrogen-bond acceptors (Lipinski definition) is 6. The van der Waals surface area contributed by atoms with Gasteiger partial charge in [-0.2, -0.15) is 0 Å². The molecule has 0 rings (SSSR count). The molecule has 1 unspecified atom stereocenters. The van der Waals surface area contributed by atoms with Crippen LogP contribution in [0.25, 0.3) is 0 Å². The summed E-state index contributed by atoms with van der Waals surface area (Å²) in [6.07, 6.45) is 81.9. The van der Waals surface area contributed by atoms with Gasteiger partial charge in [0.2, 0.25) is 0 Å². The zero-order valence-corrected chi connectivity index (χ0v) is 52.0. The first kappa shape index (κ1) is 74.6. The van der Waals surface area contributed by atoms with Gasteiger partial charge in [-0.3, -0.25) is 14.4 Å². The highest BCUT2D eigenvalue weighted by Gasteiger charge is 2.19. The largest absolute Gasteiger partial charge is 0.462 e. The normalized spacial score (nSPS) is 12.2. The lowest BCUT2D eigenvalue weighted by Gasteiger charge is -2.18. The third-order valence-electron chi connectivity index (χ3n) is 15.7. The SMILES string of the molecule is CC/C=C\C/C=C\C/C=C\CCCCCC(=O)OCC(COC(=O)CCCCCCCCCCCCCCCCCCCCCCCCCCCCCC)OC(=O)CCCCCCCCCCCCCCCCCCCC. The molecular formula is C71H132O6. The van der Waals surface area contributed by atoms with Gasteiger partial charge in [-0.25, -0.2) is 0 Å².